The molecule has 64 heavy (non-hydrogen) atoms. The van der Waals surface area contributed by atoms with Crippen LogP contribution in [0.25, 0.3) is 66.1 Å². The normalized spacial score (nSPS) is 11.1. The second-order valence-corrected chi connectivity index (χ2v) is 16.1. The van der Waals surface area contributed by atoms with Gasteiger partial charge in [-0.2, -0.15) is 0 Å². The van der Waals surface area contributed by atoms with Gasteiger partial charge in [-0.15, -0.1) is 0 Å². The molecule has 11 aromatic rings. The molecule has 11 aromatic carbocycles. The van der Waals surface area contributed by atoms with E-state index in [1.807, 2.05) is 0 Å². The van der Waals surface area contributed by atoms with Gasteiger partial charge in [0, 0.05) is 44.8 Å². The third kappa shape index (κ3) is 7.27. The molecule has 2 heteroatoms. The summed E-state index contributed by atoms with van der Waals surface area (Å²) in [6.45, 7) is 0. The van der Waals surface area contributed by atoms with Crippen LogP contribution in [-0.4, -0.2) is 0 Å². The molecule has 2 nitrogen and oxygen atoms in total. The van der Waals surface area contributed by atoms with Crippen molar-refractivity contribution in [3.63, 3.8) is 0 Å². The van der Waals surface area contributed by atoms with Crippen molar-refractivity contribution in [1.82, 2.24) is 0 Å². The first-order valence-corrected chi connectivity index (χ1v) is 21.9. The Bertz CT molecular complexity index is 3280. The summed E-state index contributed by atoms with van der Waals surface area (Å²) < 4.78 is 0. The lowest BCUT2D eigenvalue weighted by Crippen LogP contribution is -2.14. The Labute approximate surface area is 375 Å². The molecule has 302 valence electrons. The highest BCUT2D eigenvalue weighted by Crippen LogP contribution is 2.50. The van der Waals surface area contributed by atoms with Gasteiger partial charge in [0.25, 0.3) is 0 Å². The van der Waals surface area contributed by atoms with Crippen molar-refractivity contribution < 1.29 is 0 Å². The first kappa shape index (κ1) is 38.5. The predicted molar refractivity (Wildman–Crippen MR) is 273 cm³/mol. The average molecular weight is 817 g/mol. The summed E-state index contributed by atoms with van der Waals surface area (Å²) in [4.78, 5) is 4.88. The zero-order chi connectivity index (χ0) is 42.7. The Morgan fingerprint density at radius 3 is 1.14 bits per heavy atom. The SMILES string of the molecule is c1ccc(-c2ccc(N(c3ccc(N(c4ccccc4)c4c(-c5ccccc5)cccc4-c4ccccc4)cc3)c3c(-c4cccc5ccccc45)ccc4ccccc34)cc2)cc1. The maximum absolute atomic E-state index is 2.46. The fourth-order valence-corrected chi connectivity index (χ4v) is 9.24. The van der Waals surface area contributed by atoms with Crippen LogP contribution in [0.3, 0.4) is 0 Å². The van der Waals surface area contributed by atoms with Crippen LogP contribution in [0.15, 0.2) is 267 Å². The van der Waals surface area contributed by atoms with Crippen LogP contribution in [-0.2, 0) is 0 Å². The Morgan fingerprint density at radius 1 is 0.188 bits per heavy atom. The van der Waals surface area contributed by atoms with Gasteiger partial charge in [0.2, 0.25) is 0 Å². The number of para-hydroxylation sites is 2. The minimum atomic E-state index is 1.06. The summed E-state index contributed by atoms with van der Waals surface area (Å²) in [6, 6.07) is 96.4. The minimum Gasteiger partial charge on any atom is -0.309 e. The number of anilines is 6. The first-order chi connectivity index (χ1) is 31.8. The molecular formula is C62H44N2. The molecular weight excluding hydrogens is 773 g/mol. The highest BCUT2D eigenvalue weighted by Gasteiger charge is 2.25. The van der Waals surface area contributed by atoms with E-state index in [1.54, 1.807) is 0 Å². The van der Waals surface area contributed by atoms with Crippen molar-refractivity contribution in [2.24, 2.45) is 0 Å². The second kappa shape index (κ2) is 17.1. The van der Waals surface area contributed by atoms with Crippen molar-refractivity contribution in [2.75, 3.05) is 9.80 Å². The van der Waals surface area contributed by atoms with Gasteiger partial charge in [-0.25, -0.2) is 0 Å². The molecule has 0 bridgehead atoms. The summed E-state index contributed by atoms with van der Waals surface area (Å²) in [5.41, 5.74) is 15.9. The van der Waals surface area contributed by atoms with Gasteiger partial charge in [0.05, 0.1) is 11.4 Å². The van der Waals surface area contributed by atoms with E-state index in [0.29, 0.717) is 0 Å². The van der Waals surface area contributed by atoms with E-state index in [1.165, 1.54) is 43.8 Å². The fourth-order valence-electron chi connectivity index (χ4n) is 9.24. The van der Waals surface area contributed by atoms with E-state index >= 15 is 0 Å². The molecule has 0 saturated heterocycles. The molecule has 0 atom stereocenters. The van der Waals surface area contributed by atoms with Crippen LogP contribution in [0.1, 0.15) is 0 Å². The lowest BCUT2D eigenvalue weighted by Gasteiger charge is -2.32. The van der Waals surface area contributed by atoms with Crippen molar-refractivity contribution in [1.29, 1.82) is 0 Å². The van der Waals surface area contributed by atoms with E-state index in [0.717, 1.165) is 56.4 Å². The van der Waals surface area contributed by atoms with Crippen LogP contribution in [0, 0.1) is 0 Å². The zero-order valence-corrected chi connectivity index (χ0v) is 35.3. The van der Waals surface area contributed by atoms with E-state index in [-0.39, 0.29) is 0 Å². The summed E-state index contributed by atoms with van der Waals surface area (Å²) in [5.74, 6) is 0. The second-order valence-electron chi connectivity index (χ2n) is 16.1. The maximum Gasteiger partial charge on any atom is 0.0618 e. The Kier molecular flexibility index (Phi) is 10.3. The van der Waals surface area contributed by atoms with Crippen LogP contribution in [0.5, 0.6) is 0 Å². The molecule has 0 aliphatic heterocycles. The number of benzene rings is 11. The Balaban J connectivity index is 1.14. The quantitative estimate of drug-likeness (QED) is 0.136. The third-order valence-electron chi connectivity index (χ3n) is 12.2. The topological polar surface area (TPSA) is 6.48 Å². The van der Waals surface area contributed by atoms with E-state index in [9.17, 15) is 0 Å². The largest absolute Gasteiger partial charge is 0.309 e. The van der Waals surface area contributed by atoms with E-state index in [4.69, 9.17) is 0 Å². The van der Waals surface area contributed by atoms with Gasteiger partial charge in [0.15, 0.2) is 0 Å². The monoisotopic (exact) mass is 816 g/mol. The number of hydrogen-bond donors (Lipinski definition) is 0. The number of fused-ring (bicyclic) bond motifs is 2. The molecule has 0 aliphatic carbocycles. The number of nitrogens with zero attached hydrogens (tertiary/aromatic N) is 2. The predicted octanol–water partition coefficient (Wildman–Crippen LogP) is 17.6. The lowest BCUT2D eigenvalue weighted by atomic mass is 9.93. The lowest BCUT2D eigenvalue weighted by molar-refractivity contribution is 1.26. The standard InChI is InChI=1S/C62H44N2/c1-5-19-45(20-6-1)46-35-38-52(39-36-46)64(62-56-31-16-14-26-50(56)37-44-60(62)59-34-17-27-47-25-13-15-30-55(47)59)54-42-40-53(41-43-54)63(51-28-11-4-12-29-51)61-57(48-21-7-2-8-22-48)32-18-33-58(61)49-23-9-3-10-24-49/h1-44H. The Morgan fingerprint density at radius 2 is 0.562 bits per heavy atom. The maximum atomic E-state index is 2.46. The Hall–Kier alpha value is -8.46. The molecule has 11 rings (SSSR count). The number of rotatable bonds is 10. The first-order valence-electron chi connectivity index (χ1n) is 21.9. The third-order valence-corrected chi connectivity index (χ3v) is 12.2. The molecule has 0 fully saturated rings. The summed E-state index contributed by atoms with van der Waals surface area (Å²) in [5, 5.41) is 4.81. The highest BCUT2D eigenvalue weighted by atomic mass is 15.2. The number of hydrogen-bond acceptors (Lipinski definition) is 2. The van der Waals surface area contributed by atoms with E-state index < -0.39 is 0 Å². The van der Waals surface area contributed by atoms with Crippen LogP contribution in [0.4, 0.5) is 34.1 Å². The molecule has 0 spiro atoms. The molecule has 0 radical (unpaired) electrons. The zero-order valence-electron chi connectivity index (χ0n) is 35.3. The molecule has 0 N–H and O–H groups in total. The average Bonchev–Trinajstić information content (AvgIpc) is 3.38. The molecule has 0 saturated carbocycles. The van der Waals surface area contributed by atoms with Crippen molar-refractivity contribution in [2.45, 2.75) is 0 Å². The van der Waals surface area contributed by atoms with Gasteiger partial charge in [0.1, 0.15) is 0 Å². The van der Waals surface area contributed by atoms with Crippen molar-refractivity contribution in [3.05, 3.63) is 267 Å². The molecule has 0 aliphatic rings. The van der Waals surface area contributed by atoms with Gasteiger partial charge < -0.3 is 9.80 Å². The molecule has 0 heterocycles. The van der Waals surface area contributed by atoms with Crippen molar-refractivity contribution >= 4 is 55.7 Å². The molecule has 0 unspecified atom stereocenters. The summed E-state index contributed by atoms with van der Waals surface area (Å²) in [6.07, 6.45) is 0. The smallest absolute Gasteiger partial charge is 0.0618 e. The van der Waals surface area contributed by atoms with Gasteiger partial charge in [-0.05, 0) is 92.5 Å². The summed E-state index contributed by atoms with van der Waals surface area (Å²) >= 11 is 0. The van der Waals surface area contributed by atoms with E-state index in [2.05, 4.69) is 277 Å². The van der Waals surface area contributed by atoms with Crippen LogP contribution in [0.2, 0.25) is 0 Å². The highest BCUT2D eigenvalue weighted by molar-refractivity contribution is 6.10. The van der Waals surface area contributed by atoms with Gasteiger partial charge >= 0.3 is 0 Å². The molecule has 0 aromatic heterocycles. The fraction of sp³-hybridized carbons (Fsp3) is 0. The van der Waals surface area contributed by atoms with Crippen LogP contribution < -0.4 is 9.80 Å². The van der Waals surface area contributed by atoms with Crippen molar-refractivity contribution in [3.8, 4) is 44.5 Å². The van der Waals surface area contributed by atoms with Crippen LogP contribution >= 0.6 is 0 Å². The summed E-state index contributed by atoms with van der Waals surface area (Å²) in [7, 11) is 0. The minimum absolute atomic E-state index is 1.06. The van der Waals surface area contributed by atoms with Gasteiger partial charge in [-0.1, -0.05) is 218 Å². The molecule has 0 amide bonds. The van der Waals surface area contributed by atoms with Gasteiger partial charge in [-0.3, -0.25) is 0 Å².